The molecule has 23 nitrogen and oxygen atoms in total. The number of hydrogen-bond acceptors (Lipinski definition) is 13. The van der Waals surface area contributed by atoms with Gasteiger partial charge in [-0.3, -0.25) is 52.7 Å². The SMILES string of the molecule is [2H]c1c([2H])c(OC)c([2H])c([2H])c1CC1NC(=O)CCCSCC(C(=O)N2CCCC2C(=O)NC(CC(C)C)C(=O)NCC(N)=O)NC(=O)C(CC(N)=O)NC(=O)C(CCC(N)=O)NC(=O)C(C(C)CC)NC1=O. The Morgan fingerprint density at radius 1 is 0.841 bits per heavy atom. The molecule has 0 saturated carbocycles. The topological polar surface area (TPSA) is 363 Å². The first-order valence-corrected chi connectivity index (χ1v) is 23.9. The molecule has 11 amide bonds. The Morgan fingerprint density at radius 3 is 2.10 bits per heavy atom. The van der Waals surface area contributed by atoms with Crippen molar-refractivity contribution in [2.75, 3.05) is 31.7 Å². The van der Waals surface area contributed by atoms with Crippen LogP contribution in [0.4, 0.5) is 0 Å². The Balaban J connectivity index is 2.09. The fourth-order valence-electron chi connectivity index (χ4n) is 7.42. The van der Waals surface area contributed by atoms with Gasteiger partial charge in [0.1, 0.15) is 48.0 Å². The number of ether oxygens (including phenoxy) is 1. The van der Waals surface area contributed by atoms with E-state index in [2.05, 4.69) is 37.2 Å². The molecule has 0 radical (unpaired) electrons. The molecule has 0 aromatic heterocycles. The zero-order valence-corrected chi connectivity index (χ0v) is 40.4. The van der Waals surface area contributed by atoms with E-state index in [0.29, 0.717) is 6.42 Å². The van der Waals surface area contributed by atoms with Gasteiger partial charge in [-0.25, -0.2) is 0 Å². The smallest absolute Gasteiger partial charge is 0.246 e. The van der Waals surface area contributed by atoms with E-state index in [-0.39, 0.29) is 67.4 Å². The lowest BCUT2D eigenvalue weighted by Crippen LogP contribution is -2.61. The van der Waals surface area contributed by atoms with Crippen LogP contribution in [0.2, 0.25) is 0 Å². The van der Waals surface area contributed by atoms with Gasteiger partial charge in [0.15, 0.2) is 0 Å². The lowest BCUT2D eigenvalue weighted by Gasteiger charge is -2.31. The number of hydrogen-bond donors (Lipinski definition) is 10. The summed E-state index contributed by atoms with van der Waals surface area (Å²) in [5.74, 6) is -10.9. The zero-order valence-electron chi connectivity index (χ0n) is 43.6. The Bertz CT molecular complexity index is 2230. The first kappa shape index (κ1) is 50.4. The number of rotatable bonds is 18. The quantitative estimate of drug-likeness (QED) is 0.0728. The van der Waals surface area contributed by atoms with E-state index < -0.39 is 170 Å². The lowest BCUT2D eigenvalue weighted by atomic mass is 9.96. The third-order valence-corrected chi connectivity index (χ3v) is 12.4. The highest BCUT2D eigenvalue weighted by molar-refractivity contribution is 7.99. The van der Waals surface area contributed by atoms with Gasteiger partial charge in [-0.2, -0.15) is 11.8 Å². The number of benzene rings is 1. The Kier molecular flexibility index (Phi) is 20.6. The zero-order chi connectivity index (χ0) is 54.9. The molecule has 3 rings (SSSR count). The Morgan fingerprint density at radius 2 is 1.49 bits per heavy atom. The average Bonchev–Trinajstić information content (AvgIpc) is 3.82. The molecular formula is C45H69N11O12S. The highest BCUT2D eigenvalue weighted by atomic mass is 32.2. The predicted octanol–water partition coefficient (Wildman–Crippen LogP) is -2.50. The number of amides is 11. The highest BCUT2D eigenvalue weighted by Crippen LogP contribution is 2.22. The van der Waals surface area contributed by atoms with Gasteiger partial charge in [0.25, 0.3) is 0 Å². The Labute approximate surface area is 411 Å². The molecule has 1 aromatic carbocycles. The van der Waals surface area contributed by atoms with Crippen LogP contribution in [0.3, 0.4) is 0 Å². The summed E-state index contributed by atoms with van der Waals surface area (Å²) in [5, 5.41) is 17.6. The first-order valence-electron chi connectivity index (χ1n) is 24.8. The van der Waals surface area contributed by atoms with E-state index in [1.165, 1.54) is 4.90 Å². The average molecular weight is 992 g/mol. The van der Waals surface area contributed by atoms with Gasteiger partial charge in [0, 0.05) is 31.6 Å². The van der Waals surface area contributed by atoms with Crippen LogP contribution in [0.5, 0.6) is 5.75 Å². The van der Waals surface area contributed by atoms with Crippen LogP contribution < -0.4 is 59.2 Å². The van der Waals surface area contributed by atoms with Gasteiger partial charge in [-0.05, 0) is 67.3 Å². The Hall–Kier alpha value is -6.46. The molecule has 0 spiro atoms. The summed E-state index contributed by atoms with van der Waals surface area (Å²) in [6.07, 6.45) is -1.51. The van der Waals surface area contributed by atoms with E-state index >= 15 is 0 Å². The van der Waals surface area contributed by atoms with Crippen LogP contribution in [-0.2, 0) is 59.2 Å². The maximum atomic E-state index is 14.5. The second-order valence-corrected chi connectivity index (χ2v) is 18.5. The minimum Gasteiger partial charge on any atom is -0.497 e. The number of nitrogens with one attached hydrogen (secondary N) is 7. The van der Waals surface area contributed by atoms with Gasteiger partial charge in [0.2, 0.25) is 65.0 Å². The van der Waals surface area contributed by atoms with Crippen LogP contribution >= 0.6 is 11.8 Å². The van der Waals surface area contributed by atoms with E-state index in [4.69, 9.17) is 27.4 Å². The number of thioether (sulfide) groups is 1. The number of primary amides is 3. The molecule has 1 aromatic rings. The number of likely N-dealkylation sites (tertiary alicyclic amines) is 1. The summed E-state index contributed by atoms with van der Waals surface area (Å²) >= 11 is 1.10. The van der Waals surface area contributed by atoms with Crippen molar-refractivity contribution >= 4 is 76.7 Å². The summed E-state index contributed by atoms with van der Waals surface area (Å²) in [7, 11) is 1.16. The van der Waals surface area contributed by atoms with Crippen LogP contribution in [-0.4, -0.2) is 144 Å². The number of nitrogens with zero attached hydrogens (tertiary/aromatic N) is 1. The van der Waals surface area contributed by atoms with Crippen molar-refractivity contribution in [1.82, 2.24) is 42.1 Å². The van der Waals surface area contributed by atoms with E-state index in [0.717, 1.165) is 18.9 Å². The molecule has 13 N–H and O–H groups in total. The summed E-state index contributed by atoms with van der Waals surface area (Å²) in [6, 6.07) is -12.3. The van der Waals surface area contributed by atoms with Crippen molar-refractivity contribution in [3.05, 3.63) is 29.7 Å². The maximum absolute atomic E-state index is 14.5. The number of methoxy groups -OCH3 is 1. The van der Waals surface area contributed by atoms with Crippen molar-refractivity contribution in [3.63, 3.8) is 0 Å². The molecule has 2 saturated heterocycles. The summed E-state index contributed by atoms with van der Waals surface area (Å²) < 4.78 is 39.0. The van der Waals surface area contributed by atoms with Crippen LogP contribution in [0.15, 0.2) is 24.2 Å². The van der Waals surface area contributed by atoms with Crippen molar-refractivity contribution in [2.24, 2.45) is 29.0 Å². The predicted molar refractivity (Wildman–Crippen MR) is 253 cm³/mol. The summed E-state index contributed by atoms with van der Waals surface area (Å²) in [5.41, 5.74) is 15.9. The van der Waals surface area contributed by atoms with Gasteiger partial charge in [-0.1, -0.05) is 46.2 Å². The highest BCUT2D eigenvalue weighted by Gasteiger charge is 2.40. The molecule has 69 heavy (non-hydrogen) atoms. The third-order valence-electron chi connectivity index (χ3n) is 11.3. The van der Waals surface area contributed by atoms with Crippen molar-refractivity contribution < 1.29 is 63.0 Å². The van der Waals surface area contributed by atoms with Crippen LogP contribution in [0.25, 0.3) is 0 Å². The molecule has 0 bridgehead atoms. The molecule has 2 aliphatic rings. The molecule has 2 fully saturated rings. The molecule has 2 aliphatic heterocycles. The minimum atomic E-state index is -1.78. The molecule has 8 unspecified atom stereocenters. The lowest BCUT2D eigenvalue weighted by molar-refractivity contribution is -0.142. The molecule has 0 aliphatic carbocycles. The summed E-state index contributed by atoms with van der Waals surface area (Å²) in [4.78, 5) is 149. The third kappa shape index (κ3) is 18.9. The maximum Gasteiger partial charge on any atom is 0.246 e. The molecule has 382 valence electrons. The van der Waals surface area contributed by atoms with Gasteiger partial charge >= 0.3 is 0 Å². The van der Waals surface area contributed by atoms with Crippen LogP contribution in [0.1, 0.15) is 96.5 Å². The van der Waals surface area contributed by atoms with E-state index in [9.17, 15) is 52.7 Å². The second-order valence-electron chi connectivity index (χ2n) is 17.3. The standard InChI is InChI=1S/C45H69N11O12S/c1-6-25(4)38-44(66)51-28(15-16-34(46)57)40(62)52-31(21-35(47)58)41(63)54-32(23-69-18-8-10-37(60)50-30(42(64)55-38)20-26-11-13-27(68-5)14-12-26)45(67)56-17-7-9-33(56)43(65)53-29(19-24(2)3)39(61)49-22-36(48)59/h11-14,24-25,28-33,38H,6-10,15-23H2,1-5H3,(H2,46,57)(H2,47,58)(H2,48,59)(H,49,61)(H,50,60)(H,51,66)(H,52,62)(H,53,65)(H,54,63)(H,55,64)/i11D,12D,13D,14D. The number of nitrogens with two attached hydrogens (primary N) is 3. The van der Waals surface area contributed by atoms with E-state index in [1.54, 1.807) is 13.8 Å². The second kappa shape index (κ2) is 28.1. The normalized spacial score (nSPS) is 24.0. The fourth-order valence-corrected chi connectivity index (χ4v) is 8.40. The fraction of sp³-hybridized carbons (Fsp3) is 0.622. The largest absolute Gasteiger partial charge is 0.497 e. The van der Waals surface area contributed by atoms with Crippen molar-refractivity contribution in [3.8, 4) is 5.75 Å². The minimum absolute atomic E-state index is 0.0398. The van der Waals surface area contributed by atoms with Gasteiger partial charge in [0.05, 0.1) is 25.6 Å². The number of carbonyl (C=O) groups excluding carboxylic acids is 11. The molecule has 8 atom stereocenters. The first-order chi connectivity index (χ1) is 34.3. The molecule has 2 heterocycles. The monoisotopic (exact) mass is 992 g/mol. The van der Waals surface area contributed by atoms with Crippen molar-refractivity contribution in [1.29, 1.82) is 0 Å². The molecular weight excluding hydrogens is 919 g/mol. The number of carbonyl (C=O) groups is 11. The van der Waals surface area contributed by atoms with Crippen LogP contribution in [0, 0.1) is 11.8 Å². The van der Waals surface area contributed by atoms with Gasteiger partial charge < -0.3 is 64.1 Å². The van der Waals surface area contributed by atoms with Crippen molar-refractivity contribution in [2.45, 2.75) is 134 Å². The van der Waals surface area contributed by atoms with E-state index in [1.807, 2.05) is 13.8 Å². The summed E-state index contributed by atoms with van der Waals surface area (Å²) in [6.45, 7) is 6.46. The molecule has 24 heteroatoms. The van der Waals surface area contributed by atoms with Gasteiger partial charge in [-0.15, -0.1) is 0 Å².